The van der Waals surface area contributed by atoms with Crippen molar-refractivity contribution in [2.45, 2.75) is 0 Å². The summed E-state index contributed by atoms with van der Waals surface area (Å²) in [5.74, 6) is -0.185. The van der Waals surface area contributed by atoms with Crippen LogP contribution in [0.5, 0.6) is 0 Å². The number of hydrogen-bond acceptors (Lipinski definition) is 3. The lowest BCUT2D eigenvalue weighted by Crippen LogP contribution is -2.01. The van der Waals surface area contributed by atoms with Crippen LogP contribution in [0.15, 0.2) is 71.4 Å². The lowest BCUT2D eigenvalue weighted by molar-refractivity contribution is -0.129. The first-order chi connectivity index (χ1) is 10.7. The molecule has 0 radical (unpaired) electrons. The van der Waals surface area contributed by atoms with Crippen molar-refractivity contribution in [1.29, 1.82) is 0 Å². The molecule has 0 spiro atoms. The van der Waals surface area contributed by atoms with Crippen LogP contribution in [-0.4, -0.2) is 11.9 Å². The normalized spacial score (nSPS) is 16.1. The zero-order chi connectivity index (χ0) is 15.4. The first-order valence-electron chi connectivity index (χ1n) is 6.72. The van der Waals surface area contributed by atoms with Gasteiger partial charge in [0.15, 0.2) is 5.70 Å². The summed E-state index contributed by atoms with van der Waals surface area (Å²) in [5, 5.41) is 0.605. The third kappa shape index (κ3) is 3.51. The van der Waals surface area contributed by atoms with Gasteiger partial charge >= 0.3 is 5.97 Å². The van der Waals surface area contributed by atoms with Gasteiger partial charge < -0.3 is 4.74 Å². The van der Waals surface area contributed by atoms with Gasteiger partial charge in [0, 0.05) is 11.1 Å². The van der Waals surface area contributed by atoms with Crippen LogP contribution < -0.4 is 0 Å². The zero-order valence-corrected chi connectivity index (χ0v) is 12.3. The van der Waals surface area contributed by atoms with Crippen molar-refractivity contribution in [2.24, 2.45) is 4.99 Å². The van der Waals surface area contributed by atoms with Crippen LogP contribution >= 0.6 is 11.6 Å². The average molecular weight is 310 g/mol. The summed E-state index contributed by atoms with van der Waals surface area (Å²) in [7, 11) is 0. The number of benzene rings is 2. The molecule has 0 atom stereocenters. The highest BCUT2D eigenvalue weighted by Crippen LogP contribution is 2.18. The highest BCUT2D eigenvalue weighted by molar-refractivity contribution is 6.30. The van der Waals surface area contributed by atoms with Gasteiger partial charge in [0.05, 0.1) is 0 Å². The number of rotatable bonds is 3. The summed E-state index contributed by atoms with van der Waals surface area (Å²) in [6.45, 7) is 0. The Morgan fingerprint density at radius 1 is 0.955 bits per heavy atom. The number of nitrogens with zero attached hydrogens (tertiary/aromatic N) is 1. The Morgan fingerprint density at radius 3 is 2.50 bits per heavy atom. The monoisotopic (exact) mass is 309 g/mol. The Morgan fingerprint density at radius 2 is 1.73 bits per heavy atom. The van der Waals surface area contributed by atoms with E-state index >= 15 is 0 Å². The largest absolute Gasteiger partial charge is 0.403 e. The van der Waals surface area contributed by atoms with Crippen molar-refractivity contribution in [3.05, 3.63) is 82.5 Å². The molecular formula is C18H12ClNO2. The van der Waals surface area contributed by atoms with E-state index in [1.165, 1.54) is 0 Å². The molecular weight excluding hydrogens is 298 g/mol. The molecule has 0 saturated heterocycles. The second-order valence-electron chi connectivity index (χ2n) is 4.67. The van der Waals surface area contributed by atoms with E-state index in [-0.39, 0.29) is 11.6 Å². The van der Waals surface area contributed by atoms with Crippen LogP contribution in [0.4, 0.5) is 0 Å². The van der Waals surface area contributed by atoms with E-state index in [4.69, 9.17) is 16.3 Å². The highest BCUT2D eigenvalue weighted by atomic mass is 35.5. The van der Waals surface area contributed by atoms with E-state index in [1.54, 1.807) is 24.3 Å². The van der Waals surface area contributed by atoms with E-state index in [1.807, 2.05) is 48.5 Å². The summed E-state index contributed by atoms with van der Waals surface area (Å²) in [6.07, 6.45) is 5.16. The Kier molecular flexibility index (Phi) is 4.17. The molecule has 3 rings (SSSR count). The summed E-state index contributed by atoms with van der Waals surface area (Å²) < 4.78 is 5.12. The van der Waals surface area contributed by atoms with Crippen LogP contribution in [0.3, 0.4) is 0 Å². The number of aliphatic imine (C=N–C) groups is 1. The van der Waals surface area contributed by atoms with E-state index in [9.17, 15) is 4.79 Å². The van der Waals surface area contributed by atoms with Gasteiger partial charge in [-0.2, -0.15) is 0 Å². The minimum Gasteiger partial charge on any atom is -0.403 e. The van der Waals surface area contributed by atoms with Crippen LogP contribution in [0.2, 0.25) is 5.02 Å². The Labute approximate surface area is 133 Å². The Balaban J connectivity index is 1.81. The van der Waals surface area contributed by atoms with Gasteiger partial charge in [-0.3, -0.25) is 0 Å². The minimum atomic E-state index is -0.465. The van der Waals surface area contributed by atoms with Gasteiger partial charge in [-0.25, -0.2) is 9.79 Å². The summed E-state index contributed by atoms with van der Waals surface area (Å²) in [4.78, 5) is 16.0. The maximum atomic E-state index is 11.8. The van der Waals surface area contributed by atoms with Crippen molar-refractivity contribution in [3.8, 4) is 0 Å². The predicted octanol–water partition coefficient (Wildman–Crippen LogP) is 4.35. The Bertz CT molecular complexity index is 792. The molecule has 2 aromatic carbocycles. The number of carbonyl (C=O) groups excluding carboxylic acids is 1. The van der Waals surface area contributed by atoms with Gasteiger partial charge in [-0.1, -0.05) is 54.1 Å². The van der Waals surface area contributed by atoms with Crippen LogP contribution in [0.1, 0.15) is 11.1 Å². The molecule has 4 heteroatoms. The molecule has 2 aromatic rings. The van der Waals surface area contributed by atoms with Gasteiger partial charge in [0.2, 0.25) is 5.90 Å². The smallest absolute Gasteiger partial charge is 0.363 e. The third-order valence-electron chi connectivity index (χ3n) is 3.01. The van der Waals surface area contributed by atoms with E-state index in [0.717, 1.165) is 11.1 Å². The third-order valence-corrected chi connectivity index (χ3v) is 3.24. The second-order valence-corrected chi connectivity index (χ2v) is 5.10. The van der Waals surface area contributed by atoms with E-state index < -0.39 is 5.97 Å². The zero-order valence-electron chi connectivity index (χ0n) is 11.6. The van der Waals surface area contributed by atoms with Crippen molar-refractivity contribution >= 4 is 35.6 Å². The highest BCUT2D eigenvalue weighted by Gasteiger charge is 2.20. The maximum Gasteiger partial charge on any atom is 0.363 e. The summed E-state index contributed by atoms with van der Waals surface area (Å²) in [6, 6.07) is 16.9. The molecule has 0 aliphatic carbocycles. The van der Waals surface area contributed by atoms with Crippen molar-refractivity contribution in [1.82, 2.24) is 0 Å². The van der Waals surface area contributed by atoms with Crippen molar-refractivity contribution in [3.63, 3.8) is 0 Å². The predicted molar refractivity (Wildman–Crippen MR) is 88.4 cm³/mol. The Hall–Kier alpha value is -2.65. The van der Waals surface area contributed by atoms with Crippen molar-refractivity contribution in [2.75, 3.05) is 0 Å². The lowest BCUT2D eigenvalue weighted by Gasteiger charge is -1.94. The number of esters is 1. The first-order valence-corrected chi connectivity index (χ1v) is 7.10. The van der Waals surface area contributed by atoms with Crippen LogP contribution in [0, 0.1) is 0 Å². The standard InChI is InChI=1S/C18H12ClNO2/c19-15-8-4-7-14(11-15)12-16-18(21)22-17(20-16)10-9-13-5-2-1-3-6-13/h1-12H/b10-9+,16-12+. The fourth-order valence-electron chi connectivity index (χ4n) is 1.98. The molecule has 108 valence electrons. The maximum absolute atomic E-state index is 11.8. The molecule has 0 amide bonds. The number of carbonyl (C=O) groups is 1. The SMILES string of the molecule is O=C1OC(/C=C/c2ccccc2)=NC/1=C/c1cccc(Cl)c1. The molecule has 0 N–H and O–H groups in total. The molecule has 3 nitrogen and oxygen atoms in total. The molecule has 0 unspecified atom stereocenters. The molecule has 0 fully saturated rings. The quantitative estimate of drug-likeness (QED) is 0.624. The van der Waals surface area contributed by atoms with Gasteiger partial charge in [-0.15, -0.1) is 0 Å². The second kappa shape index (κ2) is 6.41. The average Bonchev–Trinajstić information content (AvgIpc) is 2.86. The number of ether oxygens (including phenoxy) is 1. The summed E-state index contributed by atoms with van der Waals surface area (Å²) >= 11 is 5.92. The molecule has 0 saturated carbocycles. The molecule has 22 heavy (non-hydrogen) atoms. The van der Waals surface area contributed by atoms with E-state index in [2.05, 4.69) is 4.99 Å². The van der Waals surface area contributed by atoms with Gasteiger partial charge in [-0.05, 0) is 35.4 Å². The first kappa shape index (κ1) is 14.3. The molecule has 0 bridgehead atoms. The summed E-state index contributed by atoms with van der Waals surface area (Å²) in [5.41, 5.74) is 2.07. The fraction of sp³-hybridized carbons (Fsp3) is 0. The van der Waals surface area contributed by atoms with E-state index in [0.29, 0.717) is 5.02 Å². The number of cyclic esters (lactones) is 1. The molecule has 1 aliphatic rings. The van der Waals surface area contributed by atoms with Crippen molar-refractivity contribution < 1.29 is 9.53 Å². The van der Waals surface area contributed by atoms with Crippen LogP contribution in [-0.2, 0) is 9.53 Å². The molecule has 1 heterocycles. The lowest BCUT2D eigenvalue weighted by atomic mass is 10.2. The van der Waals surface area contributed by atoms with Gasteiger partial charge in [0.1, 0.15) is 0 Å². The minimum absolute atomic E-state index is 0.259. The molecule has 1 aliphatic heterocycles. The number of halogens is 1. The topological polar surface area (TPSA) is 38.7 Å². The van der Waals surface area contributed by atoms with Crippen LogP contribution in [0.25, 0.3) is 12.2 Å². The molecule has 0 aromatic heterocycles. The van der Waals surface area contributed by atoms with Gasteiger partial charge in [0.25, 0.3) is 0 Å². The number of hydrogen-bond donors (Lipinski definition) is 0. The fourth-order valence-corrected chi connectivity index (χ4v) is 2.18.